The van der Waals surface area contributed by atoms with Crippen LogP contribution in [-0.2, 0) is 19.4 Å². The molecule has 0 amide bonds. The molecule has 1 aromatic rings. The molecule has 0 atom stereocenters. The van der Waals surface area contributed by atoms with Crippen LogP contribution < -0.4 is 0 Å². The molecule has 0 heterocycles. The summed E-state index contributed by atoms with van der Waals surface area (Å²) in [4.78, 5) is 12.6. The second-order valence-corrected chi connectivity index (χ2v) is 6.05. The molecule has 0 aromatic heterocycles. The van der Waals surface area contributed by atoms with Crippen LogP contribution in [0.5, 0.6) is 0 Å². The quantitative estimate of drug-likeness (QED) is 0.469. The van der Waals surface area contributed by atoms with E-state index in [-0.39, 0.29) is 11.5 Å². The smallest absolute Gasteiger partial charge is 0.351 e. The second-order valence-electron chi connectivity index (χ2n) is 4.13. The highest BCUT2D eigenvalue weighted by Crippen LogP contribution is 2.21. The Balaban J connectivity index is 3.32. The summed E-state index contributed by atoms with van der Waals surface area (Å²) < 4.78 is 42.4. The lowest BCUT2D eigenvalue weighted by atomic mass is 10.4. The average molecular weight is 301 g/mol. The molecule has 0 fully saturated rings. The number of halogens is 1. The molecule has 0 N–H and O–H groups in total. The molecule has 1 rings (SSSR count). The van der Waals surface area contributed by atoms with Crippen molar-refractivity contribution in [2.24, 2.45) is 0 Å². The summed E-state index contributed by atoms with van der Waals surface area (Å²) in [6, 6.07) is 4.25. The predicted molar refractivity (Wildman–Crippen MR) is 72.0 cm³/mol. The molecule has 0 aliphatic rings. The monoisotopic (exact) mass is 301 g/mol. The minimum absolute atomic E-state index is 0.0581. The van der Waals surface area contributed by atoms with Gasteiger partial charge in [0.1, 0.15) is 5.82 Å². The topological polar surface area (TPSA) is 63.7 Å². The number of carbonyl (C=O) groups excluding carboxylic acids is 1. The zero-order chi connectivity index (χ0) is 15.3. The van der Waals surface area contributed by atoms with Crippen molar-refractivity contribution in [2.75, 3.05) is 20.7 Å². The summed E-state index contributed by atoms with van der Waals surface area (Å²) in [7, 11) is -0.891. The Labute approximate surface area is 117 Å². The van der Waals surface area contributed by atoms with Crippen LogP contribution in [0.15, 0.2) is 40.3 Å². The van der Waals surface area contributed by atoms with Gasteiger partial charge in [0.2, 0.25) is 9.84 Å². The highest BCUT2D eigenvalue weighted by molar-refractivity contribution is 7.96. The van der Waals surface area contributed by atoms with E-state index >= 15 is 0 Å². The van der Waals surface area contributed by atoms with Crippen molar-refractivity contribution in [1.82, 2.24) is 4.90 Å². The molecular formula is C13H16FNO4S. The number of hydrogen-bond acceptors (Lipinski definition) is 5. The first-order valence-electron chi connectivity index (χ1n) is 5.85. The van der Waals surface area contributed by atoms with Crippen LogP contribution in [0.2, 0.25) is 0 Å². The van der Waals surface area contributed by atoms with Gasteiger partial charge >= 0.3 is 5.97 Å². The van der Waals surface area contributed by atoms with E-state index in [1.807, 2.05) is 0 Å². The van der Waals surface area contributed by atoms with Crippen LogP contribution in [-0.4, -0.2) is 40.0 Å². The van der Waals surface area contributed by atoms with Gasteiger partial charge in [0, 0.05) is 20.3 Å². The zero-order valence-electron chi connectivity index (χ0n) is 11.5. The van der Waals surface area contributed by atoms with E-state index in [0.29, 0.717) is 0 Å². The second kappa shape index (κ2) is 6.51. The number of carbonyl (C=O) groups is 1. The van der Waals surface area contributed by atoms with E-state index < -0.39 is 26.5 Å². The number of esters is 1. The number of hydrogen-bond donors (Lipinski definition) is 0. The van der Waals surface area contributed by atoms with Crippen molar-refractivity contribution in [1.29, 1.82) is 0 Å². The Hall–Kier alpha value is -1.89. The van der Waals surface area contributed by atoms with Crippen LogP contribution in [0.4, 0.5) is 4.39 Å². The van der Waals surface area contributed by atoms with Gasteiger partial charge in [0.05, 0.1) is 11.5 Å². The molecule has 0 spiro atoms. The van der Waals surface area contributed by atoms with Gasteiger partial charge in [-0.15, -0.1) is 0 Å². The average Bonchev–Trinajstić information content (AvgIpc) is 2.36. The Morgan fingerprint density at radius 3 is 2.30 bits per heavy atom. The SMILES string of the molecule is CCOC(=O)/C(=C/N(C)C)S(=O)(=O)c1ccc(F)cc1. The maximum Gasteiger partial charge on any atom is 0.351 e. The summed E-state index contributed by atoms with van der Waals surface area (Å²) in [6.45, 7) is 1.64. The van der Waals surface area contributed by atoms with Crippen LogP contribution in [0.1, 0.15) is 6.92 Å². The standard InChI is InChI=1S/C13H16FNO4S/c1-4-19-13(16)12(9-15(2)3)20(17,18)11-7-5-10(14)6-8-11/h5-9H,4H2,1-3H3/b12-9-. The lowest BCUT2D eigenvalue weighted by Gasteiger charge is -2.12. The Kier molecular flexibility index (Phi) is 5.26. The van der Waals surface area contributed by atoms with Crippen molar-refractivity contribution in [2.45, 2.75) is 11.8 Å². The van der Waals surface area contributed by atoms with Crippen LogP contribution in [0.3, 0.4) is 0 Å². The molecule has 0 unspecified atom stereocenters. The Bertz CT molecular complexity index is 606. The fraction of sp³-hybridized carbons (Fsp3) is 0.308. The van der Waals surface area contributed by atoms with Crippen molar-refractivity contribution >= 4 is 15.8 Å². The molecule has 1 aromatic carbocycles. The normalized spacial score (nSPS) is 12.1. The maximum absolute atomic E-state index is 12.9. The summed E-state index contributed by atoms with van der Waals surface area (Å²) in [5.74, 6) is -1.50. The highest BCUT2D eigenvalue weighted by atomic mass is 32.2. The lowest BCUT2D eigenvalue weighted by Crippen LogP contribution is -2.19. The van der Waals surface area contributed by atoms with Gasteiger partial charge in [0.25, 0.3) is 0 Å². The van der Waals surface area contributed by atoms with Crippen molar-refractivity contribution in [3.63, 3.8) is 0 Å². The van der Waals surface area contributed by atoms with Crippen LogP contribution >= 0.6 is 0 Å². The highest BCUT2D eigenvalue weighted by Gasteiger charge is 2.28. The zero-order valence-corrected chi connectivity index (χ0v) is 12.3. The third kappa shape index (κ3) is 3.80. The molecule has 7 heteroatoms. The van der Waals surface area contributed by atoms with Gasteiger partial charge in [-0.25, -0.2) is 17.6 Å². The fourth-order valence-electron chi connectivity index (χ4n) is 1.41. The first kappa shape index (κ1) is 16.2. The van der Waals surface area contributed by atoms with Crippen molar-refractivity contribution in [3.8, 4) is 0 Å². The third-order valence-corrected chi connectivity index (χ3v) is 4.01. The molecule has 0 aliphatic carbocycles. The Morgan fingerprint density at radius 2 is 1.85 bits per heavy atom. The van der Waals surface area contributed by atoms with Crippen molar-refractivity contribution in [3.05, 3.63) is 41.2 Å². The fourth-order valence-corrected chi connectivity index (χ4v) is 2.79. The lowest BCUT2D eigenvalue weighted by molar-refractivity contribution is -0.137. The molecule has 20 heavy (non-hydrogen) atoms. The predicted octanol–water partition coefficient (Wildman–Crippen LogP) is 1.57. The van der Waals surface area contributed by atoms with E-state index in [4.69, 9.17) is 4.74 Å². The summed E-state index contributed by atoms with van der Waals surface area (Å²) in [5, 5.41) is 0. The molecule has 110 valence electrons. The van der Waals surface area contributed by atoms with Crippen LogP contribution in [0, 0.1) is 5.82 Å². The minimum atomic E-state index is -4.06. The molecule has 0 saturated heterocycles. The van der Waals surface area contributed by atoms with Gasteiger partial charge < -0.3 is 9.64 Å². The molecule has 0 aliphatic heterocycles. The summed E-state index contributed by atoms with van der Waals surface area (Å²) in [6.07, 6.45) is 1.16. The van der Waals surface area contributed by atoms with E-state index in [2.05, 4.69) is 0 Å². The number of sulfone groups is 1. The molecular weight excluding hydrogens is 285 g/mol. The number of nitrogens with zero attached hydrogens (tertiary/aromatic N) is 1. The number of rotatable bonds is 5. The van der Waals surface area contributed by atoms with E-state index in [9.17, 15) is 17.6 Å². The molecule has 5 nitrogen and oxygen atoms in total. The molecule has 0 saturated carbocycles. The van der Waals surface area contributed by atoms with E-state index in [1.54, 1.807) is 21.0 Å². The first-order chi connectivity index (χ1) is 9.28. The minimum Gasteiger partial charge on any atom is -0.462 e. The van der Waals surface area contributed by atoms with Gasteiger partial charge in [0.15, 0.2) is 4.91 Å². The van der Waals surface area contributed by atoms with Gasteiger partial charge in [-0.05, 0) is 31.2 Å². The van der Waals surface area contributed by atoms with Gasteiger partial charge in [-0.1, -0.05) is 0 Å². The first-order valence-corrected chi connectivity index (χ1v) is 7.33. The Morgan fingerprint density at radius 1 is 1.30 bits per heavy atom. The van der Waals surface area contributed by atoms with E-state index in [1.165, 1.54) is 4.90 Å². The third-order valence-electron chi connectivity index (χ3n) is 2.27. The maximum atomic E-state index is 12.9. The van der Waals surface area contributed by atoms with Gasteiger partial charge in [-0.3, -0.25) is 0 Å². The number of benzene rings is 1. The van der Waals surface area contributed by atoms with Gasteiger partial charge in [-0.2, -0.15) is 0 Å². The van der Waals surface area contributed by atoms with Crippen LogP contribution in [0.25, 0.3) is 0 Å². The molecule has 0 radical (unpaired) electrons. The number of ether oxygens (including phenoxy) is 1. The van der Waals surface area contributed by atoms with Crippen molar-refractivity contribution < 1.29 is 22.3 Å². The summed E-state index contributed by atoms with van der Waals surface area (Å²) >= 11 is 0. The molecule has 0 bridgehead atoms. The summed E-state index contributed by atoms with van der Waals surface area (Å²) in [5.41, 5.74) is 0. The van der Waals surface area contributed by atoms with E-state index in [0.717, 1.165) is 30.5 Å². The largest absolute Gasteiger partial charge is 0.462 e.